The standard InChI is InChI=1S/C27H33FN4O4/c1-18(2)27(35)32-11-3-4-19-7-10-22(16-23(19)32)30-26(34)25(33)29-17-24(31-12-14-36-15-13-31)20-5-8-21(28)9-6-20/h5-10,16,18,24H,3-4,11-15,17H2,1-2H3,(H,29,33)(H,30,34). The maximum absolute atomic E-state index is 13.5. The van der Waals surface area contributed by atoms with Crippen molar-refractivity contribution in [2.24, 2.45) is 5.92 Å². The lowest BCUT2D eigenvalue weighted by atomic mass is 9.99. The maximum Gasteiger partial charge on any atom is 0.313 e. The third-order valence-corrected chi connectivity index (χ3v) is 6.63. The Hall–Kier alpha value is -3.30. The molecule has 1 unspecified atom stereocenters. The van der Waals surface area contributed by atoms with Crippen LogP contribution < -0.4 is 15.5 Å². The number of rotatable bonds is 6. The molecule has 0 radical (unpaired) electrons. The van der Waals surface area contributed by atoms with Gasteiger partial charge < -0.3 is 20.3 Å². The third kappa shape index (κ3) is 6.09. The smallest absolute Gasteiger partial charge is 0.313 e. The Morgan fingerprint density at radius 2 is 1.72 bits per heavy atom. The minimum absolute atomic E-state index is 0.0344. The molecule has 0 bridgehead atoms. The molecule has 2 heterocycles. The first kappa shape index (κ1) is 25.8. The van der Waals surface area contributed by atoms with Gasteiger partial charge in [0, 0.05) is 43.5 Å². The van der Waals surface area contributed by atoms with Gasteiger partial charge >= 0.3 is 11.8 Å². The Balaban J connectivity index is 1.42. The van der Waals surface area contributed by atoms with Crippen LogP contribution in [0, 0.1) is 11.7 Å². The summed E-state index contributed by atoms with van der Waals surface area (Å²) < 4.78 is 18.9. The number of amides is 3. The van der Waals surface area contributed by atoms with Gasteiger partial charge in [-0.05, 0) is 48.2 Å². The molecule has 1 saturated heterocycles. The molecule has 3 amide bonds. The second-order valence-electron chi connectivity index (χ2n) is 9.47. The Morgan fingerprint density at radius 1 is 1.00 bits per heavy atom. The van der Waals surface area contributed by atoms with Crippen LogP contribution in [0.1, 0.15) is 37.4 Å². The summed E-state index contributed by atoms with van der Waals surface area (Å²) in [5, 5.41) is 5.38. The molecule has 2 aliphatic heterocycles. The molecular formula is C27H33FN4O4. The van der Waals surface area contributed by atoms with E-state index in [0.29, 0.717) is 38.5 Å². The normalized spacial score (nSPS) is 16.8. The average Bonchev–Trinajstić information content (AvgIpc) is 2.89. The van der Waals surface area contributed by atoms with E-state index >= 15 is 0 Å². The van der Waals surface area contributed by atoms with E-state index in [1.807, 2.05) is 19.9 Å². The Morgan fingerprint density at radius 3 is 2.42 bits per heavy atom. The first-order chi connectivity index (χ1) is 17.3. The van der Waals surface area contributed by atoms with Crippen molar-refractivity contribution in [2.45, 2.75) is 32.7 Å². The van der Waals surface area contributed by atoms with Crippen LogP contribution in [0.5, 0.6) is 0 Å². The van der Waals surface area contributed by atoms with Crippen molar-refractivity contribution in [3.8, 4) is 0 Å². The number of ether oxygens (including phenoxy) is 1. The highest BCUT2D eigenvalue weighted by Crippen LogP contribution is 2.31. The number of benzene rings is 2. The lowest BCUT2D eigenvalue weighted by Crippen LogP contribution is -2.45. The minimum Gasteiger partial charge on any atom is -0.379 e. The summed E-state index contributed by atoms with van der Waals surface area (Å²) in [5.74, 6) is -1.98. The molecule has 2 aromatic carbocycles. The summed E-state index contributed by atoms with van der Waals surface area (Å²) in [6.45, 7) is 7.04. The zero-order valence-electron chi connectivity index (χ0n) is 20.8. The van der Waals surface area contributed by atoms with E-state index in [9.17, 15) is 18.8 Å². The van der Waals surface area contributed by atoms with Crippen LogP contribution in [-0.4, -0.2) is 62.0 Å². The summed E-state index contributed by atoms with van der Waals surface area (Å²) in [5.41, 5.74) is 3.14. The van der Waals surface area contributed by atoms with E-state index in [0.717, 1.165) is 29.7 Å². The molecule has 8 nitrogen and oxygen atoms in total. The van der Waals surface area contributed by atoms with Gasteiger partial charge in [0.2, 0.25) is 5.91 Å². The van der Waals surface area contributed by atoms with Gasteiger partial charge in [0.05, 0.1) is 19.3 Å². The number of carbonyl (C=O) groups is 3. The van der Waals surface area contributed by atoms with E-state index in [-0.39, 0.29) is 30.2 Å². The van der Waals surface area contributed by atoms with Crippen molar-refractivity contribution in [3.63, 3.8) is 0 Å². The summed E-state index contributed by atoms with van der Waals surface area (Å²) in [6.07, 6.45) is 1.75. The number of fused-ring (bicyclic) bond motifs is 1. The van der Waals surface area contributed by atoms with Crippen LogP contribution in [-0.2, 0) is 25.5 Å². The first-order valence-electron chi connectivity index (χ1n) is 12.4. The summed E-state index contributed by atoms with van der Waals surface area (Å²) in [6, 6.07) is 11.4. The Bertz CT molecular complexity index is 1100. The first-order valence-corrected chi connectivity index (χ1v) is 12.4. The third-order valence-electron chi connectivity index (χ3n) is 6.63. The summed E-state index contributed by atoms with van der Waals surface area (Å²) in [4.78, 5) is 41.9. The molecule has 2 aliphatic rings. The van der Waals surface area contributed by atoms with Gasteiger partial charge in [-0.15, -0.1) is 0 Å². The van der Waals surface area contributed by atoms with Crippen molar-refractivity contribution in [1.82, 2.24) is 10.2 Å². The fraction of sp³-hybridized carbons (Fsp3) is 0.444. The number of halogens is 1. The number of hydrogen-bond donors (Lipinski definition) is 2. The van der Waals surface area contributed by atoms with Gasteiger partial charge in [0.1, 0.15) is 5.82 Å². The number of anilines is 2. The summed E-state index contributed by atoms with van der Waals surface area (Å²) in [7, 11) is 0. The number of morpholine rings is 1. The monoisotopic (exact) mass is 496 g/mol. The predicted octanol–water partition coefficient (Wildman–Crippen LogP) is 2.89. The fourth-order valence-corrected chi connectivity index (χ4v) is 4.68. The van der Waals surface area contributed by atoms with Gasteiger partial charge in [-0.2, -0.15) is 0 Å². The van der Waals surface area contributed by atoms with Crippen molar-refractivity contribution < 1.29 is 23.5 Å². The Labute approximate surface area is 210 Å². The molecule has 2 aromatic rings. The molecule has 0 spiro atoms. The minimum atomic E-state index is -0.785. The van der Waals surface area contributed by atoms with Gasteiger partial charge in [0.15, 0.2) is 0 Å². The highest BCUT2D eigenvalue weighted by Gasteiger charge is 2.27. The van der Waals surface area contributed by atoms with Crippen molar-refractivity contribution in [1.29, 1.82) is 0 Å². The number of carbonyl (C=O) groups excluding carboxylic acids is 3. The Kier molecular flexibility index (Phi) is 8.32. The van der Waals surface area contributed by atoms with Crippen LogP contribution in [0.3, 0.4) is 0 Å². The highest BCUT2D eigenvalue weighted by atomic mass is 19.1. The van der Waals surface area contributed by atoms with Gasteiger partial charge in [-0.1, -0.05) is 32.0 Å². The number of aryl methyl sites for hydroxylation is 1. The van der Waals surface area contributed by atoms with E-state index in [2.05, 4.69) is 15.5 Å². The molecular weight excluding hydrogens is 463 g/mol. The van der Waals surface area contributed by atoms with E-state index in [4.69, 9.17) is 4.74 Å². The van der Waals surface area contributed by atoms with Crippen molar-refractivity contribution in [3.05, 3.63) is 59.4 Å². The second-order valence-corrected chi connectivity index (χ2v) is 9.47. The number of nitrogens with zero attached hydrogens (tertiary/aromatic N) is 2. The molecule has 192 valence electrons. The second kappa shape index (κ2) is 11.6. The zero-order valence-corrected chi connectivity index (χ0v) is 20.8. The van der Waals surface area contributed by atoms with Gasteiger partial charge in [0.25, 0.3) is 0 Å². The van der Waals surface area contributed by atoms with Crippen molar-refractivity contribution in [2.75, 3.05) is 49.6 Å². The van der Waals surface area contributed by atoms with Crippen LogP contribution in [0.15, 0.2) is 42.5 Å². The molecule has 0 aromatic heterocycles. The van der Waals surface area contributed by atoms with Crippen LogP contribution >= 0.6 is 0 Å². The van der Waals surface area contributed by atoms with E-state index < -0.39 is 11.8 Å². The fourth-order valence-electron chi connectivity index (χ4n) is 4.68. The zero-order chi connectivity index (χ0) is 25.7. The average molecular weight is 497 g/mol. The molecule has 1 fully saturated rings. The number of nitrogens with one attached hydrogen (secondary N) is 2. The van der Waals surface area contributed by atoms with Crippen LogP contribution in [0.2, 0.25) is 0 Å². The molecule has 4 rings (SSSR count). The molecule has 0 aliphatic carbocycles. The molecule has 36 heavy (non-hydrogen) atoms. The van der Waals surface area contributed by atoms with Gasteiger partial charge in [-0.3, -0.25) is 19.3 Å². The van der Waals surface area contributed by atoms with Gasteiger partial charge in [-0.25, -0.2) is 4.39 Å². The largest absolute Gasteiger partial charge is 0.379 e. The molecule has 1 atom stereocenters. The highest BCUT2D eigenvalue weighted by molar-refractivity contribution is 6.39. The quantitative estimate of drug-likeness (QED) is 0.601. The SMILES string of the molecule is CC(C)C(=O)N1CCCc2ccc(NC(=O)C(=O)NCC(c3ccc(F)cc3)N3CCOCC3)cc21. The maximum atomic E-state index is 13.5. The lowest BCUT2D eigenvalue weighted by Gasteiger charge is -2.34. The topological polar surface area (TPSA) is 91.0 Å². The molecule has 9 heteroatoms. The van der Waals surface area contributed by atoms with Crippen LogP contribution in [0.4, 0.5) is 15.8 Å². The molecule has 0 saturated carbocycles. The lowest BCUT2D eigenvalue weighted by molar-refractivity contribution is -0.136. The number of hydrogen-bond acceptors (Lipinski definition) is 5. The van der Waals surface area contributed by atoms with E-state index in [1.165, 1.54) is 12.1 Å². The van der Waals surface area contributed by atoms with E-state index in [1.54, 1.807) is 29.2 Å². The van der Waals surface area contributed by atoms with Crippen LogP contribution in [0.25, 0.3) is 0 Å². The summed E-state index contributed by atoms with van der Waals surface area (Å²) >= 11 is 0. The molecule has 2 N–H and O–H groups in total. The predicted molar refractivity (Wildman–Crippen MR) is 135 cm³/mol. The van der Waals surface area contributed by atoms with Crippen molar-refractivity contribution >= 4 is 29.1 Å².